The molecule has 1 heterocycles. The van der Waals surface area contributed by atoms with Gasteiger partial charge in [-0.3, -0.25) is 9.59 Å². The number of para-hydroxylation sites is 1. The van der Waals surface area contributed by atoms with Crippen molar-refractivity contribution in [3.8, 4) is 0 Å². The molecule has 0 bridgehead atoms. The molecule has 0 saturated carbocycles. The Bertz CT molecular complexity index is 823. The summed E-state index contributed by atoms with van der Waals surface area (Å²) in [5.41, 5.74) is 2.35. The number of morpholine rings is 1. The van der Waals surface area contributed by atoms with Crippen molar-refractivity contribution in [1.29, 1.82) is 0 Å². The lowest BCUT2D eigenvalue weighted by Gasteiger charge is -2.31. The van der Waals surface area contributed by atoms with E-state index in [0.29, 0.717) is 37.0 Å². The molecule has 1 atom stereocenters. The molecule has 1 aliphatic rings. The Morgan fingerprint density at radius 3 is 2.50 bits per heavy atom. The summed E-state index contributed by atoms with van der Waals surface area (Å²) in [6.45, 7) is 4.12. The molecule has 2 N–H and O–H groups in total. The minimum atomic E-state index is -0.398. The van der Waals surface area contributed by atoms with Gasteiger partial charge in [-0.05, 0) is 17.7 Å². The van der Waals surface area contributed by atoms with E-state index in [1.165, 1.54) is 6.92 Å². The summed E-state index contributed by atoms with van der Waals surface area (Å²) >= 11 is 6.43. The minimum absolute atomic E-state index is 0.124. The van der Waals surface area contributed by atoms with Gasteiger partial charge in [0.25, 0.3) is 0 Å². The first-order chi connectivity index (χ1) is 13.5. The van der Waals surface area contributed by atoms with Crippen LogP contribution in [0.5, 0.6) is 0 Å². The summed E-state index contributed by atoms with van der Waals surface area (Å²) in [4.78, 5) is 26.5. The maximum absolute atomic E-state index is 12.8. The molecule has 1 saturated heterocycles. The van der Waals surface area contributed by atoms with Gasteiger partial charge in [-0.2, -0.15) is 0 Å². The molecule has 3 rings (SSSR count). The number of benzene rings is 2. The fourth-order valence-corrected chi connectivity index (χ4v) is 3.59. The molecule has 0 aliphatic carbocycles. The smallest absolute Gasteiger partial charge is 0.226 e. The molecule has 0 spiro atoms. The highest BCUT2D eigenvalue weighted by atomic mass is 35.5. The van der Waals surface area contributed by atoms with E-state index >= 15 is 0 Å². The zero-order chi connectivity index (χ0) is 19.9. The summed E-state index contributed by atoms with van der Waals surface area (Å²) in [7, 11) is 0. The van der Waals surface area contributed by atoms with Gasteiger partial charge in [-0.15, -0.1) is 0 Å². The molecule has 2 amide bonds. The van der Waals surface area contributed by atoms with Crippen LogP contribution in [0.25, 0.3) is 0 Å². The van der Waals surface area contributed by atoms with Gasteiger partial charge in [0, 0.05) is 20.0 Å². The maximum atomic E-state index is 12.8. The highest BCUT2D eigenvalue weighted by Gasteiger charge is 2.21. The first-order valence-corrected chi connectivity index (χ1v) is 9.65. The van der Waals surface area contributed by atoms with E-state index in [0.717, 1.165) is 11.3 Å². The van der Waals surface area contributed by atoms with Crippen molar-refractivity contribution >= 4 is 34.8 Å². The minimum Gasteiger partial charge on any atom is -0.378 e. The van der Waals surface area contributed by atoms with Crippen LogP contribution >= 0.6 is 11.6 Å². The van der Waals surface area contributed by atoms with Gasteiger partial charge in [0.15, 0.2) is 0 Å². The lowest BCUT2D eigenvalue weighted by Crippen LogP contribution is -2.37. The fraction of sp³-hybridized carbons (Fsp3) is 0.333. The first kappa shape index (κ1) is 20.2. The van der Waals surface area contributed by atoms with Crippen molar-refractivity contribution in [2.45, 2.75) is 19.4 Å². The zero-order valence-electron chi connectivity index (χ0n) is 15.8. The van der Waals surface area contributed by atoms with Crippen LogP contribution < -0.4 is 15.5 Å². The number of carbonyl (C=O) groups excluding carboxylic acids is 2. The monoisotopic (exact) mass is 401 g/mol. The van der Waals surface area contributed by atoms with Crippen molar-refractivity contribution in [3.05, 3.63) is 59.1 Å². The molecule has 148 valence electrons. The largest absolute Gasteiger partial charge is 0.378 e. The van der Waals surface area contributed by atoms with E-state index in [1.54, 1.807) is 0 Å². The molecule has 2 aromatic carbocycles. The Morgan fingerprint density at radius 2 is 1.82 bits per heavy atom. The Morgan fingerprint density at radius 1 is 1.11 bits per heavy atom. The van der Waals surface area contributed by atoms with Crippen LogP contribution in [-0.4, -0.2) is 38.1 Å². The van der Waals surface area contributed by atoms with Gasteiger partial charge in [0.1, 0.15) is 0 Å². The van der Waals surface area contributed by atoms with Crippen LogP contribution in [-0.2, 0) is 14.3 Å². The lowest BCUT2D eigenvalue weighted by molar-refractivity contribution is -0.120. The third-order valence-electron chi connectivity index (χ3n) is 4.56. The number of rotatable bonds is 6. The van der Waals surface area contributed by atoms with Crippen molar-refractivity contribution in [2.75, 3.05) is 36.5 Å². The Balaban J connectivity index is 1.76. The van der Waals surface area contributed by atoms with Crippen molar-refractivity contribution in [3.63, 3.8) is 0 Å². The SMILES string of the molecule is CC(=O)NC(CC(=O)Nc1cccc(Cl)c1N1CCOCC1)c1ccccc1. The third-order valence-corrected chi connectivity index (χ3v) is 4.86. The molecule has 0 aromatic heterocycles. The Hall–Kier alpha value is -2.57. The highest BCUT2D eigenvalue weighted by molar-refractivity contribution is 6.34. The second-order valence-electron chi connectivity index (χ2n) is 6.65. The molecule has 7 heteroatoms. The summed E-state index contributed by atoms with van der Waals surface area (Å²) in [5.74, 6) is -0.377. The molecule has 1 unspecified atom stereocenters. The van der Waals surface area contributed by atoms with Crippen LogP contribution in [0.15, 0.2) is 48.5 Å². The average molecular weight is 402 g/mol. The van der Waals surface area contributed by atoms with E-state index in [4.69, 9.17) is 16.3 Å². The predicted molar refractivity (Wildman–Crippen MR) is 111 cm³/mol. The molecule has 1 fully saturated rings. The van der Waals surface area contributed by atoms with E-state index in [1.807, 2.05) is 48.5 Å². The summed E-state index contributed by atoms with van der Waals surface area (Å²) < 4.78 is 5.41. The van der Waals surface area contributed by atoms with E-state index in [-0.39, 0.29) is 18.2 Å². The second kappa shape index (κ2) is 9.57. The topological polar surface area (TPSA) is 70.7 Å². The van der Waals surface area contributed by atoms with Crippen LogP contribution in [0.4, 0.5) is 11.4 Å². The predicted octanol–water partition coefficient (Wildman–Crippen LogP) is 3.38. The van der Waals surface area contributed by atoms with E-state index < -0.39 is 6.04 Å². The van der Waals surface area contributed by atoms with E-state index in [2.05, 4.69) is 15.5 Å². The van der Waals surface area contributed by atoms with Crippen LogP contribution in [0.2, 0.25) is 5.02 Å². The number of hydrogen-bond acceptors (Lipinski definition) is 4. The lowest BCUT2D eigenvalue weighted by atomic mass is 10.0. The number of carbonyl (C=O) groups is 2. The van der Waals surface area contributed by atoms with Crippen molar-refractivity contribution in [2.24, 2.45) is 0 Å². The van der Waals surface area contributed by atoms with Crippen LogP contribution in [0, 0.1) is 0 Å². The number of hydrogen-bond donors (Lipinski definition) is 2. The van der Waals surface area contributed by atoms with Gasteiger partial charge in [-0.1, -0.05) is 48.0 Å². The number of halogens is 1. The van der Waals surface area contributed by atoms with Crippen molar-refractivity contribution < 1.29 is 14.3 Å². The Kier molecular flexibility index (Phi) is 6.90. The number of nitrogens with zero attached hydrogens (tertiary/aromatic N) is 1. The van der Waals surface area contributed by atoms with Crippen molar-refractivity contribution in [1.82, 2.24) is 5.32 Å². The molecule has 1 aliphatic heterocycles. The van der Waals surface area contributed by atoms with Crippen LogP contribution in [0.3, 0.4) is 0 Å². The summed E-state index contributed by atoms with van der Waals surface area (Å²) in [6.07, 6.45) is 0.124. The summed E-state index contributed by atoms with van der Waals surface area (Å²) in [6, 6.07) is 14.5. The molecule has 2 aromatic rings. The number of nitrogens with one attached hydrogen (secondary N) is 2. The molecular weight excluding hydrogens is 378 g/mol. The van der Waals surface area contributed by atoms with Crippen LogP contribution in [0.1, 0.15) is 24.9 Å². The van der Waals surface area contributed by atoms with E-state index in [9.17, 15) is 9.59 Å². The van der Waals surface area contributed by atoms with Gasteiger partial charge in [-0.25, -0.2) is 0 Å². The first-order valence-electron chi connectivity index (χ1n) is 9.27. The Labute approximate surface area is 169 Å². The molecular formula is C21H24ClN3O3. The maximum Gasteiger partial charge on any atom is 0.226 e. The van der Waals surface area contributed by atoms with Gasteiger partial charge in [0.2, 0.25) is 11.8 Å². The number of amides is 2. The number of ether oxygens (including phenoxy) is 1. The molecule has 28 heavy (non-hydrogen) atoms. The second-order valence-corrected chi connectivity index (χ2v) is 7.06. The summed E-state index contributed by atoms with van der Waals surface area (Å²) in [5, 5.41) is 6.40. The normalized spacial score (nSPS) is 15.0. The molecule has 0 radical (unpaired) electrons. The zero-order valence-corrected chi connectivity index (χ0v) is 16.5. The quantitative estimate of drug-likeness (QED) is 0.778. The fourth-order valence-electron chi connectivity index (χ4n) is 3.29. The standard InChI is InChI=1S/C21H24ClN3O3/c1-15(26)23-19(16-6-3-2-4-7-16)14-20(27)24-18-9-5-8-17(22)21(18)25-10-12-28-13-11-25/h2-9,19H,10-14H2,1H3,(H,23,26)(H,24,27). The highest BCUT2D eigenvalue weighted by Crippen LogP contribution is 2.34. The van der Waals surface area contributed by atoms with Gasteiger partial charge in [0.05, 0.1) is 42.1 Å². The van der Waals surface area contributed by atoms with Gasteiger partial charge >= 0.3 is 0 Å². The number of anilines is 2. The molecule has 6 nitrogen and oxygen atoms in total. The third kappa shape index (κ3) is 5.24. The van der Waals surface area contributed by atoms with Gasteiger partial charge < -0.3 is 20.3 Å². The average Bonchev–Trinajstić information content (AvgIpc) is 2.68.